The Morgan fingerprint density at radius 1 is 1.18 bits per heavy atom. The van der Waals surface area contributed by atoms with Gasteiger partial charge >= 0.3 is 6.16 Å². The highest BCUT2D eigenvalue weighted by atomic mass is 79.9. The predicted molar refractivity (Wildman–Crippen MR) is 120 cm³/mol. The minimum absolute atomic E-state index is 0.0650. The van der Waals surface area contributed by atoms with E-state index in [-0.39, 0.29) is 19.1 Å². The Morgan fingerprint density at radius 2 is 1.97 bits per heavy atom. The number of fused-ring (bicyclic) bond motifs is 1. The van der Waals surface area contributed by atoms with E-state index in [1.807, 2.05) is 12.1 Å². The molecule has 0 unspecified atom stereocenters. The molecular weight excluding hydrogens is 500 g/mol. The molecule has 0 atom stereocenters. The van der Waals surface area contributed by atoms with E-state index in [4.69, 9.17) is 9.47 Å². The summed E-state index contributed by atoms with van der Waals surface area (Å²) in [6.45, 7) is 0.845. The maximum atomic E-state index is 12.1. The SMILES string of the molecule is O=C(OCN1CCN=C1Nc1ccc2nccnc2c1Br)Oc1ccc(CO[N+](=O)[O-])cc1. The lowest BCUT2D eigenvalue weighted by atomic mass is 10.2. The molecule has 1 aliphatic heterocycles. The molecule has 0 radical (unpaired) electrons. The number of nitrogens with one attached hydrogen (secondary N) is 1. The maximum Gasteiger partial charge on any atom is 0.515 e. The molecule has 2 heterocycles. The minimum atomic E-state index is -0.891. The van der Waals surface area contributed by atoms with Gasteiger partial charge in [-0.2, -0.15) is 0 Å². The van der Waals surface area contributed by atoms with Gasteiger partial charge in [-0.05, 0) is 45.8 Å². The predicted octanol–water partition coefficient (Wildman–Crippen LogP) is 3.36. The highest BCUT2D eigenvalue weighted by Crippen LogP contribution is 2.29. The number of carbonyl (C=O) groups is 1. The Labute approximate surface area is 195 Å². The number of nitrogens with zero attached hydrogens (tertiary/aromatic N) is 5. The summed E-state index contributed by atoms with van der Waals surface area (Å²) in [5.74, 6) is 0.779. The van der Waals surface area contributed by atoms with Crippen LogP contribution in [0.25, 0.3) is 11.0 Å². The molecule has 33 heavy (non-hydrogen) atoms. The second-order valence-electron chi connectivity index (χ2n) is 6.71. The number of ether oxygens (including phenoxy) is 2. The highest BCUT2D eigenvalue weighted by molar-refractivity contribution is 9.10. The van der Waals surface area contributed by atoms with Gasteiger partial charge in [0, 0.05) is 18.9 Å². The Kier molecular flexibility index (Phi) is 6.78. The number of guanidine groups is 1. The average Bonchev–Trinajstić information content (AvgIpc) is 3.26. The lowest BCUT2D eigenvalue weighted by Gasteiger charge is -2.21. The van der Waals surface area contributed by atoms with Gasteiger partial charge < -0.3 is 24.5 Å². The molecule has 0 bridgehead atoms. The molecule has 13 heteroatoms. The van der Waals surface area contributed by atoms with Crippen molar-refractivity contribution in [3.05, 3.63) is 68.9 Å². The van der Waals surface area contributed by atoms with E-state index >= 15 is 0 Å². The fourth-order valence-corrected chi connectivity index (χ4v) is 3.52. The van der Waals surface area contributed by atoms with Crippen molar-refractivity contribution < 1.29 is 24.2 Å². The van der Waals surface area contributed by atoms with Crippen LogP contribution in [0.15, 0.2) is 58.3 Å². The summed E-state index contributed by atoms with van der Waals surface area (Å²) in [5, 5.41) is 12.6. The maximum absolute atomic E-state index is 12.1. The van der Waals surface area contributed by atoms with Crippen molar-refractivity contribution in [2.45, 2.75) is 6.61 Å². The van der Waals surface area contributed by atoms with Gasteiger partial charge in [0.1, 0.15) is 17.9 Å². The van der Waals surface area contributed by atoms with Gasteiger partial charge in [-0.15, -0.1) is 10.1 Å². The van der Waals surface area contributed by atoms with Crippen LogP contribution in [0.2, 0.25) is 0 Å². The standard InChI is InChI=1S/C20H17BrN6O6/c21-17-15(5-6-16-18(17)23-8-7-22-16)25-19-24-9-10-26(19)12-31-20(28)33-14-3-1-13(2-4-14)11-32-27(29)30/h1-8H,9-12H2,(H,24,25). The van der Waals surface area contributed by atoms with Crippen LogP contribution in [-0.2, 0) is 16.2 Å². The van der Waals surface area contributed by atoms with Crippen LogP contribution in [0.4, 0.5) is 10.5 Å². The molecule has 1 aliphatic rings. The Bertz CT molecular complexity index is 1210. The van der Waals surface area contributed by atoms with E-state index in [1.165, 1.54) is 12.1 Å². The van der Waals surface area contributed by atoms with E-state index in [1.54, 1.807) is 29.4 Å². The smallest absolute Gasteiger partial charge is 0.412 e. The molecule has 0 saturated heterocycles. The number of rotatable bonds is 7. The minimum Gasteiger partial charge on any atom is -0.412 e. The number of benzene rings is 2. The van der Waals surface area contributed by atoms with Crippen molar-refractivity contribution >= 4 is 44.8 Å². The molecule has 0 saturated carbocycles. The summed E-state index contributed by atoms with van der Waals surface area (Å²) < 4.78 is 11.1. The first-order chi connectivity index (χ1) is 16.0. The van der Waals surface area contributed by atoms with Gasteiger partial charge in [-0.3, -0.25) is 15.0 Å². The van der Waals surface area contributed by atoms with Crippen LogP contribution in [0.1, 0.15) is 5.56 Å². The van der Waals surface area contributed by atoms with Crippen LogP contribution in [0.5, 0.6) is 5.75 Å². The van der Waals surface area contributed by atoms with Gasteiger partial charge in [0.15, 0.2) is 6.73 Å². The van der Waals surface area contributed by atoms with Crippen LogP contribution in [-0.4, -0.2) is 51.9 Å². The summed E-state index contributed by atoms with van der Waals surface area (Å²) >= 11 is 3.55. The van der Waals surface area contributed by atoms with Crippen molar-refractivity contribution in [2.24, 2.45) is 4.99 Å². The third-order valence-electron chi connectivity index (χ3n) is 4.56. The van der Waals surface area contributed by atoms with E-state index in [2.05, 4.69) is 41.0 Å². The molecule has 2 aromatic carbocycles. The van der Waals surface area contributed by atoms with Crippen molar-refractivity contribution in [2.75, 3.05) is 25.1 Å². The first-order valence-corrected chi connectivity index (χ1v) is 10.5. The second kappa shape index (κ2) is 10.1. The zero-order chi connectivity index (χ0) is 23.2. The van der Waals surface area contributed by atoms with Crippen LogP contribution < -0.4 is 10.1 Å². The Morgan fingerprint density at radius 3 is 2.76 bits per heavy atom. The number of aromatic nitrogens is 2. The number of halogens is 1. The number of carbonyl (C=O) groups excluding carboxylic acids is 1. The third kappa shape index (κ3) is 5.63. The number of anilines is 1. The zero-order valence-corrected chi connectivity index (χ0v) is 18.6. The highest BCUT2D eigenvalue weighted by Gasteiger charge is 2.20. The fraction of sp³-hybridized carbons (Fsp3) is 0.200. The van der Waals surface area contributed by atoms with Gasteiger partial charge in [0.2, 0.25) is 5.96 Å². The molecule has 4 rings (SSSR count). The first-order valence-electron chi connectivity index (χ1n) is 9.66. The van der Waals surface area contributed by atoms with Crippen molar-refractivity contribution in [3.63, 3.8) is 0 Å². The molecule has 12 nitrogen and oxygen atoms in total. The lowest BCUT2D eigenvalue weighted by Crippen LogP contribution is -2.36. The second-order valence-corrected chi connectivity index (χ2v) is 7.50. The van der Waals surface area contributed by atoms with E-state index in [0.717, 1.165) is 15.7 Å². The number of hydrogen-bond acceptors (Lipinski definition) is 11. The molecule has 3 aromatic rings. The monoisotopic (exact) mass is 516 g/mol. The van der Waals surface area contributed by atoms with Crippen LogP contribution >= 0.6 is 15.9 Å². The fourth-order valence-electron chi connectivity index (χ4n) is 2.98. The van der Waals surface area contributed by atoms with E-state index < -0.39 is 11.2 Å². The molecule has 170 valence electrons. The number of hydrogen-bond donors (Lipinski definition) is 1. The van der Waals surface area contributed by atoms with Gasteiger partial charge in [-0.1, -0.05) is 12.1 Å². The van der Waals surface area contributed by atoms with E-state index in [9.17, 15) is 14.9 Å². The topological polar surface area (TPSA) is 141 Å². The molecule has 0 aliphatic carbocycles. The molecule has 1 aromatic heterocycles. The van der Waals surface area contributed by atoms with E-state index in [0.29, 0.717) is 30.1 Å². The van der Waals surface area contributed by atoms with Gasteiger partial charge in [-0.25, -0.2) is 4.79 Å². The molecule has 0 spiro atoms. The van der Waals surface area contributed by atoms with Crippen LogP contribution in [0, 0.1) is 10.1 Å². The number of aliphatic imine (C=N–C) groups is 1. The first kappa shape index (κ1) is 22.2. The van der Waals surface area contributed by atoms with Crippen LogP contribution in [0.3, 0.4) is 0 Å². The summed E-state index contributed by atoms with van der Waals surface area (Å²) in [6, 6.07) is 9.78. The van der Waals surface area contributed by atoms with Crippen molar-refractivity contribution in [1.29, 1.82) is 0 Å². The van der Waals surface area contributed by atoms with Gasteiger partial charge in [0.25, 0.3) is 5.09 Å². The van der Waals surface area contributed by atoms with Crippen molar-refractivity contribution in [3.8, 4) is 5.75 Å². The lowest BCUT2D eigenvalue weighted by molar-refractivity contribution is -0.763. The molecular formula is C20H17BrN6O6. The average molecular weight is 517 g/mol. The summed E-state index contributed by atoms with van der Waals surface area (Å²) in [4.78, 5) is 41.4. The molecule has 0 amide bonds. The Balaban J connectivity index is 1.30. The third-order valence-corrected chi connectivity index (χ3v) is 5.36. The molecule has 0 fully saturated rings. The summed E-state index contributed by atoms with van der Waals surface area (Å²) in [6.07, 6.45) is 2.35. The molecule has 1 N–H and O–H groups in total. The summed E-state index contributed by atoms with van der Waals surface area (Å²) in [5.41, 5.74) is 2.77. The Hall–Kier alpha value is -4.00. The quantitative estimate of drug-likeness (QED) is 0.215. The normalized spacial score (nSPS) is 12.9. The largest absolute Gasteiger partial charge is 0.515 e. The van der Waals surface area contributed by atoms with Crippen molar-refractivity contribution in [1.82, 2.24) is 14.9 Å². The van der Waals surface area contributed by atoms with Gasteiger partial charge in [0.05, 0.1) is 22.2 Å². The summed E-state index contributed by atoms with van der Waals surface area (Å²) in [7, 11) is 0. The zero-order valence-electron chi connectivity index (χ0n) is 17.0.